The number of benzene rings is 1. The second-order valence-electron chi connectivity index (χ2n) is 7.68. The van der Waals surface area contributed by atoms with Crippen molar-refractivity contribution in [3.05, 3.63) is 18.2 Å². The number of carbonyl (C=O) groups is 1. The van der Waals surface area contributed by atoms with Gasteiger partial charge in [0.2, 0.25) is 15.9 Å². The largest absolute Gasteiger partial charge is 0.486 e. The minimum absolute atomic E-state index is 0.0669. The van der Waals surface area contributed by atoms with Gasteiger partial charge < -0.3 is 14.4 Å². The van der Waals surface area contributed by atoms with Gasteiger partial charge in [0.25, 0.3) is 0 Å². The Hall–Kier alpha value is -1.80. The zero-order chi connectivity index (χ0) is 19.6. The normalized spacial score (nSPS) is 21.2. The number of ether oxygens (including phenoxy) is 2. The third-order valence-corrected chi connectivity index (χ3v) is 6.45. The summed E-state index contributed by atoms with van der Waals surface area (Å²) in [5.74, 6) is 1.05. The lowest BCUT2D eigenvalue weighted by Crippen LogP contribution is -2.53. The number of carbonyl (C=O) groups excluding carboxylic acids is 1. The van der Waals surface area contributed by atoms with Crippen molar-refractivity contribution in [2.75, 3.05) is 26.3 Å². The highest BCUT2D eigenvalue weighted by Gasteiger charge is 2.33. The maximum atomic E-state index is 13.0. The van der Waals surface area contributed by atoms with E-state index in [1.54, 1.807) is 11.0 Å². The van der Waals surface area contributed by atoms with Gasteiger partial charge in [-0.2, -0.15) is 4.72 Å². The van der Waals surface area contributed by atoms with Crippen molar-refractivity contribution in [2.45, 2.75) is 44.6 Å². The zero-order valence-electron chi connectivity index (χ0n) is 16.1. The number of fused-ring (bicyclic) bond motifs is 1. The number of rotatable bonds is 5. The van der Waals surface area contributed by atoms with Crippen LogP contribution in [-0.2, 0) is 14.8 Å². The highest BCUT2D eigenvalue weighted by Crippen LogP contribution is 2.32. The molecule has 1 saturated heterocycles. The second kappa shape index (κ2) is 8.06. The van der Waals surface area contributed by atoms with Gasteiger partial charge in [0.1, 0.15) is 19.3 Å². The Morgan fingerprint density at radius 3 is 2.59 bits per heavy atom. The first-order chi connectivity index (χ1) is 12.8. The van der Waals surface area contributed by atoms with Crippen molar-refractivity contribution in [3.63, 3.8) is 0 Å². The Kier molecular flexibility index (Phi) is 5.95. The lowest BCUT2D eigenvalue weighted by molar-refractivity contribution is -0.135. The van der Waals surface area contributed by atoms with E-state index in [-0.39, 0.29) is 16.7 Å². The van der Waals surface area contributed by atoms with Crippen LogP contribution >= 0.6 is 0 Å². The topological polar surface area (TPSA) is 84.9 Å². The van der Waals surface area contributed by atoms with E-state index < -0.39 is 16.1 Å². The third-order valence-electron chi connectivity index (χ3n) is 5.01. The molecule has 1 aromatic rings. The average molecular weight is 397 g/mol. The molecule has 0 unspecified atom stereocenters. The second-order valence-corrected chi connectivity index (χ2v) is 9.39. The average Bonchev–Trinajstić information content (AvgIpc) is 2.65. The monoisotopic (exact) mass is 396 g/mol. The SMILES string of the molecule is CC(C)[C@@H](NS(=O)(=O)c1ccc2c(c1)OCCO2)C(=O)N1CCC[C@H](C)C1. The molecule has 0 bridgehead atoms. The molecule has 3 rings (SSSR count). The molecule has 7 nitrogen and oxygen atoms in total. The highest BCUT2D eigenvalue weighted by atomic mass is 32.2. The fourth-order valence-corrected chi connectivity index (χ4v) is 4.84. The summed E-state index contributed by atoms with van der Waals surface area (Å²) in [5.41, 5.74) is 0. The minimum atomic E-state index is -3.87. The molecule has 2 aliphatic heterocycles. The van der Waals surface area contributed by atoms with Crippen LogP contribution in [0.15, 0.2) is 23.1 Å². The Bertz CT molecular complexity index is 793. The van der Waals surface area contributed by atoms with Gasteiger partial charge >= 0.3 is 0 Å². The molecule has 8 heteroatoms. The number of hydrogen-bond acceptors (Lipinski definition) is 5. The Morgan fingerprint density at radius 1 is 1.22 bits per heavy atom. The molecule has 0 aliphatic carbocycles. The van der Waals surface area contributed by atoms with Crippen molar-refractivity contribution in [2.24, 2.45) is 11.8 Å². The Balaban J connectivity index is 1.79. The highest BCUT2D eigenvalue weighted by molar-refractivity contribution is 7.89. The Labute approximate surface area is 161 Å². The molecular weight excluding hydrogens is 368 g/mol. The summed E-state index contributed by atoms with van der Waals surface area (Å²) < 4.78 is 39.3. The van der Waals surface area contributed by atoms with Crippen LogP contribution in [0.5, 0.6) is 11.5 Å². The standard InChI is InChI=1S/C19H28N2O5S/c1-13(2)18(19(22)21-8-4-5-14(3)12-21)20-27(23,24)15-6-7-16-17(11-15)26-10-9-25-16/h6-7,11,13-14,18,20H,4-5,8-10,12H2,1-3H3/t14-,18+/m0/s1. The van der Waals surface area contributed by atoms with Gasteiger partial charge in [-0.1, -0.05) is 20.8 Å². The van der Waals surface area contributed by atoms with Gasteiger partial charge in [-0.25, -0.2) is 8.42 Å². The number of piperidine rings is 1. The van der Waals surface area contributed by atoms with Gasteiger partial charge in [0.05, 0.1) is 4.90 Å². The lowest BCUT2D eigenvalue weighted by Gasteiger charge is -2.34. The van der Waals surface area contributed by atoms with Gasteiger partial charge in [-0.05, 0) is 36.8 Å². The number of sulfonamides is 1. The van der Waals surface area contributed by atoms with E-state index in [1.807, 2.05) is 13.8 Å². The molecule has 2 atom stereocenters. The van der Waals surface area contributed by atoms with Crippen molar-refractivity contribution < 1.29 is 22.7 Å². The summed E-state index contributed by atoms with van der Waals surface area (Å²) in [5, 5.41) is 0. The van der Waals surface area contributed by atoms with Crippen molar-refractivity contribution in [1.29, 1.82) is 0 Å². The van der Waals surface area contributed by atoms with Crippen LogP contribution in [0.1, 0.15) is 33.6 Å². The summed E-state index contributed by atoms with van der Waals surface area (Å²) in [6.07, 6.45) is 2.05. The molecule has 2 aliphatic rings. The van der Waals surface area contributed by atoms with Crippen LogP contribution in [0.25, 0.3) is 0 Å². The molecule has 0 aromatic heterocycles. The van der Waals surface area contributed by atoms with Crippen molar-refractivity contribution >= 4 is 15.9 Å². The van der Waals surface area contributed by atoms with E-state index in [1.165, 1.54) is 12.1 Å². The number of nitrogens with one attached hydrogen (secondary N) is 1. The molecule has 1 fully saturated rings. The molecule has 27 heavy (non-hydrogen) atoms. The summed E-state index contributed by atoms with van der Waals surface area (Å²) in [6, 6.07) is 3.71. The quantitative estimate of drug-likeness (QED) is 0.823. The number of nitrogens with zero attached hydrogens (tertiary/aromatic N) is 1. The first-order valence-electron chi connectivity index (χ1n) is 9.48. The van der Waals surface area contributed by atoms with Crippen LogP contribution in [0.3, 0.4) is 0 Å². The molecule has 0 radical (unpaired) electrons. The van der Waals surface area contributed by atoms with E-state index >= 15 is 0 Å². The van der Waals surface area contributed by atoms with Gasteiger partial charge in [0.15, 0.2) is 11.5 Å². The number of amides is 1. The fourth-order valence-electron chi connectivity index (χ4n) is 3.48. The van der Waals surface area contributed by atoms with Crippen LogP contribution in [0.4, 0.5) is 0 Å². The summed E-state index contributed by atoms with van der Waals surface area (Å²) in [7, 11) is -3.87. The van der Waals surface area contributed by atoms with Crippen molar-refractivity contribution in [1.82, 2.24) is 9.62 Å². The predicted molar refractivity (Wildman–Crippen MR) is 101 cm³/mol. The molecule has 1 N–H and O–H groups in total. The first-order valence-corrected chi connectivity index (χ1v) is 11.0. The minimum Gasteiger partial charge on any atom is -0.486 e. The molecule has 0 spiro atoms. The summed E-state index contributed by atoms with van der Waals surface area (Å²) in [6.45, 7) is 7.99. The van der Waals surface area contributed by atoms with Crippen molar-refractivity contribution in [3.8, 4) is 11.5 Å². The van der Waals surface area contributed by atoms with E-state index in [0.717, 1.165) is 12.8 Å². The van der Waals surface area contributed by atoms with Gasteiger partial charge in [0, 0.05) is 19.2 Å². The van der Waals surface area contributed by atoms with E-state index in [9.17, 15) is 13.2 Å². The van der Waals surface area contributed by atoms with Crippen LogP contribution in [0, 0.1) is 11.8 Å². The molecule has 2 heterocycles. The smallest absolute Gasteiger partial charge is 0.241 e. The van der Waals surface area contributed by atoms with E-state index in [4.69, 9.17) is 9.47 Å². The molecule has 1 aromatic carbocycles. The fraction of sp³-hybridized carbons (Fsp3) is 0.632. The van der Waals surface area contributed by atoms with Crippen LogP contribution < -0.4 is 14.2 Å². The third kappa shape index (κ3) is 4.55. The molecule has 1 amide bonds. The lowest BCUT2D eigenvalue weighted by atomic mass is 9.97. The van der Waals surface area contributed by atoms with Gasteiger partial charge in [-0.15, -0.1) is 0 Å². The predicted octanol–water partition coefficient (Wildman–Crippen LogP) is 2.02. The maximum Gasteiger partial charge on any atom is 0.241 e. The zero-order valence-corrected chi connectivity index (χ0v) is 16.9. The summed E-state index contributed by atoms with van der Waals surface area (Å²) >= 11 is 0. The molecule has 150 valence electrons. The van der Waals surface area contributed by atoms with E-state index in [2.05, 4.69) is 11.6 Å². The molecular formula is C19H28N2O5S. The summed E-state index contributed by atoms with van der Waals surface area (Å²) in [4.78, 5) is 14.8. The van der Waals surface area contributed by atoms with Crippen LogP contribution in [0.2, 0.25) is 0 Å². The Morgan fingerprint density at radius 2 is 1.93 bits per heavy atom. The number of hydrogen-bond donors (Lipinski definition) is 1. The van der Waals surface area contributed by atoms with Crippen LogP contribution in [-0.4, -0.2) is 51.6 Å². The first kappa shape index (κ1) is 19.9. The molecule has 0 saturated carbocycles. The van der Waals surface area contributed by atoms with Gasteiger partial charge in [-0.3, -0.25) is 4.79 Å². The number of likely N-dealkylation sites (tertiary alicyclic amines) is 1. The van der Waals surface area contributed by atoms with E-state index in [0.29, 0.717) is 43.7 Å². The maximum absolute atomic E-state index is 13.0.